The van der Waals surface area contributed by atoms with Crippen LogP contribution >= 0.6 is 0 Å². The molecule has 1 heterocycles. The predicted octanol–water partition coefficient (Wildman–Crippen LogP) is 0.143. The molecule has 0 aromatic carbocycles. The smallest absolute Gasteiger partial charge is 0.144 e. The largest absolute Gasteiger partial charge is 0.389 e. The number of pyridine rings is 1. The highest BCUT2D eigenvalue weighted by Gasteiger charge is 2.19. The monoisotopic (exact) mass is 214 g/mol. The molecule has 0 aliphatic carbocycles. The molecule has 5 heteroatoms. The third-order valence-electron chi connectivity index (χ3n) is 2.12. The summed E-state index contributed by atoms with van der Waals surface area (Å²) in [6, 6.07) is 2.60. The topological polar surface area (TPSA) is 65.4 Å². The third-order valence-corrected chi connectivity index (χ3v) is 2.12. The van der Waals surface area contributed by atoms with E-state index in [1.807, 2.05) is 0 Å². The van der Waals surface area contributed by atoms with Crippen LogP contribution in [0, 0.1) is 12.7 Å². The summed E-state index contributed by atoms with van der Waals surface area (Å²) in [5.41, 5.74) is 0.486. The van der Waals surface area contributed by atoms with E-state index in [0.29, 0.717) is 0 Å². The maximum atomic E-state index is 12.9. The summed E-state index contributed by atoms with van der Waals surface area (Å²) >= 11 is 0. The predicted molar refractivity (Wildman–Crippen MR) is 53.8 cm³/mol. The molecule has 1 rings (SSSR count). The van der Waals surface area contributed by atoms with E-state index in [-0.39, 0.29) is 17.9 Å². The van der Waals surface area contributed by atoms with Crippen molar-refractivity contribution in [1.82, 2.24) is 10.3 Å². The summed E-state index contributed by atoms with van der Waals surface area (Å²) in [5.74, 6) is -0.422. The van der Waals surface area contributed by atoms with Crippen molar-refractivity contribution < 1.29 is 14.6 Å². The van der Waals surface area contributed by atoms with Gasteiger partial charge in [-0.3, -0.25) is 4.98 Å². The zero-order valence-electron chi connectivity index (χ0n) is 8.74. The molecule has 0 saturated heterocycles. The van der Waals surface area contributed by atoms with Crippen LogP contribution in [0.15, 0.2) is 12.1 Å². The van der Waals surface area contributed by atoms with Gasteiger partial charge in [0, 0.05) is 6.54 Å². The average molecular weight is 214 g/mol. The van der Waals surface area contributed by atoms with E-state index in [2.05, 4.69) is 10.3 Å². The lowest BCUT2D eigenvalue weighted by Crippen LogP contribution is -2.30. The quantitative estimate of drug-likeness (QED) is 0.667. The highest BCUT2D eigenvalue weighted by Crippen LogP contribution is 2.15. The second-order valence-corrected chi connectivity index (χ2v) is 3.37. The number of nitrogens with zero attached hydrogens (tertiary/aromatic N) is 1. The van der Waals surface area contributed by atoms with Gasteiger partial charge in [0.15, 0.2) is 0 Å². The number of hydrogen-bond donors (Lipinski definition) is 3. The minimum absolute atomic E-state index is 0.211. The molecule has 0 fully saturated rings. The number of aryl methyl sites for hydroxylation is 1. The van der Waals surface area contributed by atoms with Gasteiger partial charge in [0.2, 0.25) is 0 Å². The Hall–Kier alpha value is -1.04. The molecule has 1 aromatic heterocycles. The molecule has 0 aliphatic rings. The molecule has 0 aliphatic heterocycles. The normalized spacial score (nSPS) is 15.0. The fourth-order valence-electron chi connectivity index (χ4n) is 1.25. The van der Waals surface area contributed by atoms with Crippen molar-refractivity contribution in [1.29, 1.82) is 0 Å². The van der Waals surface area contributed by atoms with E-state index in [0.717, 1.165) is 0 Å². The molecule has 0 spiro atoms. The van der Waals surface area contributed by atoms with Crippen molar-refractivity contribution in [3.63, 3.8) is 0 Å². The molecule has 15 heavy (non-hydrogen) atoms. The van der Waals surface area contributed by atoms with Crippen LogP contribution in [-0.2, 0) is 0 Å². The van der Waals surface area contributed by atoms with Crippen LogP contribution in [0.3, 0.4) is 0 Å². The Morgan fingerprint density at radius 2 is 2.13 bits per heavy atom. The van der Waals surface area contributed by atoms with Gasteiger partial charge >= 0.3 is 0 Å². The van der Waals surface area contributed by atoms with Gasteiger partial charge in [-0.25, -0.2) is 4.39 Å². The zero-order valence-corrected chi connectivity index (χ0v) is 8.74. The molecule has 84 valence electrons. The second-order valence-electron chi connectivity index (χ2n) is 3.37. The number of aliphatic hydroxyl groups is 2. The fraction of sp³-hybridized carbons (Fsp3) is 0.500. The second kappa shape index (κ2) is 5.16. The van der Waals surface area contributed by atoms with Gasteiger partial charge in [-0.2, -0.15) is 0 Å². The minimum Gasteiger partial charge on any atom is -0.389 e. The Morgan fingerprint density at radius 3 is 2.67 bits per heavy atom. The van der Waals surface area contributed by atoms with Crippen molar-refractivity contribution in [3.05, 3.63) is 29.3 Å². The standard InChI is InChI=1S/C10H15FN2O2/c1-6-7(11)3-4-8(13-6)10(15)9(14)5-12-2/h3-4,9-10,12,14-15H,5H2,1-2H3. The highest BCUT2D eigenvalue weighted by atomic mass is 19.1. The first-order valence-electron chi connectivity index (χ1n) is 4.70. The third kappa shape index (κ3) is 2.95. The van der Waals surface area contributed by atoms with E-state index < -0.39 is 18.0 Å². The molecular weight excluding hydrogens is 199 g/mol. The number of likely N-dealkylation sites (N-methyl/N-ethyl adjacent to an activating group) is 1. The maximum absolute atomic E-state index is 12.9. The van der Waals surface area contributed by atoms with Crippen LogP contribution in [0.5, 0.6) is 0 Å². The Labute approximate surface area is 87.8 Å². The number of rotatable bonds is 4. The minimum atomic E-state index is -1.10. The number of aromatic nitrogens is 1. The molecule has 0 bridgehead atoms. The average Bonchev–Trinajstić information content (AvgIpc) is 2.21. The SMILES string of the molecule is CNCC(O)C(O)c1ccc(F)c(C)n1. The molecule has 4 nitrogen and oxygen atoms in total. The summed E-state index contributed by atoms with van der Waals surface area (Å²) in [5, 5.41) is 21.9. The van der Waals surface area contributed by atoms with Crippen molar-refractivity contribution in [2.24, 2.45) is 0 Å². The summed E-state index contributed by atoms with van der Waals surface area (Å²) in [7, 11) is 1.67. The molecule has 1 aromatic rings. The van der Waals surface area contributed by atoms with E-state index in [4.69, 9.17) is 0 Å². The Balaban J connectivity index is 2.81. The van der Waals surface area contributed by atoms with E-state index in [1.54, 1.807) is 7.05 Å². The first-order valence-corrected chi connectivity index (χ1v) is 4.70. The number of nitrogens with one attached hydrogen (secondary N) is 1. The van der Waals surface area contributed by atoms with E-state index >= 15 is 0 Å². The zero-order chi connectivity index (χ0) is 11.4. The van der Waals surface area contributed by atoms with Gasteiger partial charge < -0.3 is 15.5 Å². The molecule has 3 N–H and O–H groups in total. The van der Waals surface area contributed by atoms with Crippen molar-refractivity contribution in [3.8, 4) is 0 Å². The first-order chi connectivity index (χ1) is 7.06. The Kier molecular flexibility index (Phi) is 4.14. The highest BCUT2D eigenvalue weighted by molar-refractivity contribution is 5.15. The van der Waals surface area contributed by atoms with Gasteiger partial charge in [0.1, 0.15) is 11.9 Å². The first kappa shape index (κ1) is 12.0. The molecule has 0 amide bonds. The van der Waals surface area contributed by atoms with E-state index in [1.165, 1.54) is 19.1 Å². The maximum Gasteiger partial charge on any atom is 0.144 e. The molecule has 2 unspecified atom stereocenters. The summed E-state index contributed by atoms with van der Waals surface area (Å²) < 4.78 is 12.9. The number of halogens is 1. The van der Waals surface area contributed by atoms with Crippen molar-refractivity contribution in [2.45, 2.75) is 19.1 Å². The van der Waals surface area contributed by atoms with Gasteiger partial charge in [-0.05, 0) is 26.1 Å². The van der Waals surface area contributed by atoms with Gasteiger partial charge in [0.05, 0.1) is 17.5 Å². The van der Waals surface area contributed by atoms with Crippen LogP contribution in [0.2, 0.25) is 0 Å². The van der Waals surface area contributed by atoms with E-state index in [9.17, 15) is 14.6 Å². The lowest BCUT2D eigenvalue weighted by Gasteiger charge is -2.17. The Bertz CT molecular complexity index is 333. The van der Waals surface area contributed by atoms with Crippen LogP contribution in [0.25, 0.3) is 0 Å². The summed E-state index contributed by atoms with van der Waals surface area (Å²) in [6.45, 7) is 1.76. The van der Waals surface area contributed by atoms with Crippen molar-refractivity contribution >= 4 is 0 Å². The van der Waals surface area contributed by atoms with Gasteiger partial charge in [-0.15, -0.1) is 0 Å². The van der Waals surface area contributed by atoms with Crippen LogP contribution < -0.4 is 5.32 Å². The molecule has 2 atom stereocenters. The summed E-state index contributed by atoms with van der Waals surface area (Å²) in [4.78, 5) is 3.86. The van der Waals surface area contributed by atoms with Crippen LogP contribution in [0.1, 0.15) is 17.5 Å². The Morgan fingerprint density at radius 1 is 1.47 bits per heavy atom. The van der Waals surface area contributed by atoms with Crippen LogP contribution in [-0.4, -0.2) is 34.9 Å². The molecule has 0 radical (unpaired) electrons. The lowest BCUT2D eigenvalue weighted by atomic mass is 10.1. The van der Waals surface area contributed by atoms with Crippen LogP contribution in [0.4, 0.5) is 4.39 Å². The molecule has 0 saturated carbocycles. The molecular formula is C10H15FN2O2. The lowest BCUT2D eigenvalue weighted by molar-refractivity contribution is 0.0175. The fourth-order valence-corrected chi connectivity index (χ4v) is 1.25. The van der Waals surface area contributed by atoms with Crippen molar-refractivity contribution in [2.75, 3.05) is 13.6 Å². The number of aliphatic hydroxyl groups excluding tert-OH is 2. The summed E-state index contributed by atoms with van der Waals surface area (Å²) in [6.07, 6.45) is -2.05. The van der Waals surface area contributed by atoms with Gasteiger partial charge in [0.25, 0.3) is 0 Å². The van der Waals surface area contributed by atoms with Gasteiger partial charge in [-0.1, -0.05) is 0 Å². The number of hydrogen-bond acceptors (Lipinski definition) is 4.